The van der Waals surface area contributed by atoms with Gasteiger partial charge in [0.15, 0.2) is 6.16 Å². The topological polar surface area (TPSA) is 180 Å². The standard InChI is InChI=1S/C41H50N5O7P/c1-27(2)34(40(49)50)25-54(52)37(20-28-12-5-3-6-13-28)46-39(48)36(22-32-23-42-26-43-32)44-38(47)35(45-41(51)53-24-29-14-7-4-8-15-29)21-31-18-11-17-30-16-9-10-19-33(30)31/h4,7-11,14-19,23,26-28,34-37H,3,5-6,12-13,20-22,24-25H2,1-2H3,(H4-,42,43,44,45,46,47,48,49,50,51)/p+1/t34?,35?,36-,37?/m0/s1. The van der Waals surface area contributed by atoms with Crippen molar-refractivity contribution in [3.05, 3.63) is 102 Å². The Morgan fingerprint density at radius 3 is 2.26 bits per heavy atom. The molecule has 4 unspecified atom stereocenters. The van der Waals surface area contributed by atoms with E-state index in [2.05, 4.69) is 25.9 Å². The Kier molecular flexibility index (Phi) is 14.7. The summed E-state index contributed by atoms with van der Waals surface area (Å²) in [6, 6.07) is 20.4. The number of aliphatic carboxylic acids is 1. The molecule has 1 saturated carbocycles. The van der Waals surface area contributed by atoms with Crippen LogP contribution in [0, 0.1) is 17.8 Å². The summed E-state index contributed by atoms with van der Waals surface area (Å²) in [6.07, 6.45) is 7.86. The lowest BCUT2D eigenvalue weighted by molar-refractivity contribution is -0.142. The van der Waals surface area contributed by atoms with Crippen molar-refractivity contribution in [2.75, 3.05) is 6.16 Å². The average Bonchev–Trinajstić information content (AvgIpc) is 3.69. The van der Waals surface area contributed by atoms with E-state index in [1.54, 1.807) is 20.0 Å². The molecule has 54 heavy (non-hydrogen) atoms. The first-order chi connectivity index (χ1) is 26.1. The number of carbonyl (C=O) groups excluding carboxylic acids is 3. The van der Waals surface area contributed by atoms with Crippen LogP contribution in [0.2, 0.25) is 0 Å². The van der Waals surface area contributed by atoms with Crippen LogP contribution < -0.4 is 16.0 Å². The fourth-order valence-electron chi connectivity index (χ4n) is 7.05. The highest BCUT2D eigenvalue weighted by Crippen LogP contribution is 2.38. The zero-order valence-corrected chi connectivity index (χ0v) is 31.8. The summed E-state index contributed by atoms with van der Waals surface area (Å²) in [5, 5.41) is 20.3. The fourth-order valence-corrected chi connectivity index (χ4v) is 9.08. The SMILES string of the molecule is CC(C)C(C[P+](=O)C(CC1CCCCC1)NC(=O)[C@H](Cc1cnc[nH]1)NC(=O)C(Cc1cccc2ccccc12)NC(=O)OCc1ccccc1)C(=O)O. The summed E-state index contributed by atoms with van der Waals surface area (Å²) in [5.41, 5.74) is 2.17. The number of hydrogen-bond donors (Lipinski definition) is 5. The lowest BCUT2D eigenvalue weighted by Crippen LogP contribution is -2.56. The van der Waals surface area contributed by atoms with Gasteiger partial charge in [-0.25, -0.2) is 9.78 Å². The van der Waals surface area contributed by atoms with Crippen molar-refractivity contribution in [2.45, 2.75) is 89.7 Å². The Labute approximate surface area is 317 Å². The number of carboxylic acid groups (broad SMARTS) is 1. The predicted molar refractivity (Wildman–Crippen MR) is 207 cm³/mol. The number of imidazole rings is 1. The van der Waals surface area contributed by atoms with Gasteiger partial charge in [0.2, 0.25) is 17.6 Å². The van der Waals surface area contributed by atoms with E-state index in [4.69, 9.17) is 4.74 Å². The number of rotatable bonds is 18. The molecule has 286 valence electrons. The predicted octanol–water partition coefficient (Wildman–Crippen LogP) is 6.72. The molecule has 1 aliphatic rings. The van der Waals surface area contributed by atoms with Gasteiger partial charge in [-0.15, -0.1) is 0 Å². The van der Waals surface area contributed by atoms with Crippen LogP contribution in [-0.4, -0.2) is 63.0 Å². The van der Waals surface area contributed by atoms with Gasteiger partial charge in [-0.1, -0.05) is 123 Å². The van der Waals surface area contributed by atoms with Gasteiger partial charge in [0, 0.05) is 31.2 Å². The summed E-state index contributed by atoms with van der Waals surface area (Å²) < 4.78 is 19.4. The minimum absolute atomic E-state index is 0.000237. The second-order valence-corrected chi connectivity index (χ2v) is 16.3. The number of alkyl carbamates (subject to hydrolysis) is 1. The molecule has 1 aliphatic carbocycles. The number of carbonyl (C=O) groups is 4. The van der Waals surface area contributed by atoms with Gasteiger partial charge in [-0.2, -0.15) is 0 Å². The van der Waals surface area contributed by atoms with Crippen LogP contribution in [0.4, 0.5) is 4.79 Å². The van der Waals surface area contributed by atoms with E-state index >= 15 is 0 Å². The molecular weight excluding hydrogens is 705 g/mol. The molecular formula is C41H51N5O7P+. The van der Waals surface area contributed by atoms with E-state index in [1.807, 2.05) is 72.8 Å². The van der Waals surface area contributed by atoms with Crippen molar-refractivity contribution in [3.8, 4) is 0 Å². The minimum Gasteiger partial charge on any atom is -0.481 e. The van der Waals surface area contributed by atoms with Crippen molar-refractivity contribution >= 4 is 42.5 Å². The quantitative estimate of drug-likeness (QED) is 0.0694. The summed E-state index contributed by atoms with van der Waals surface area (Å²) in [5.74, 6) is -3.82. The van der Waals surface area contributed by atoms with E-state index in [-0.39, 0.29) is 37.4 Å². The van der Waals surface area contributed by atoms with Crippen LogP contribution in [0.3, 0.4) is 0 Å². The van der Waals surface area contributed by atoms with E-state index in [0.717, 1.165) is 54.0 Å². The third-order valence-electron chi connectivity index (χ3n) is 10.2. The lowest BCUT2D eigenvalue weighted by Gasteiger charge is -2.26. The fraction of sp³-hybridized carbons (Fsp3) is 0.439. The number of nitrogens with zero attached hydrogens (tertiary/aromatic N) is 1. The molecule has 1 aromatic heterocycles. The number of aromatic nitrogens is 2. The highest BCUT2D eigenvalue weighted by atomic mass is 31.1. The van der Waals surface area contributed by atoms with Gasteiger partial charge in [-0.3, -0.25) is 14.4 Å². The lowest BCUT2D eigenvalue weighted by atomic mass is 9.87. The van der Waals surface area contributed by atoms with Gasteiger partial charge in [0.25, 0.3) is 0 Å². The van der Waals surface area contributed by atoms with Gasteiger partial charge < -0.3 is 30.8 Å². The number of ether oxygens (including phenoxy) is 1. The highest BCUT2D eigenvalue weighted by molar-refractivity contribution is 7.45. The molecule has 5 rings (SSSR count). The van der Waals surface area contributed by atoms with Crippen molar-refractivity contribution in [1.82, 2.24) is 25.9 Å². The second kappa shape index (κ2) is 19.8. The maximum atomic E-state index is 14.3. The number of fused-ring (bicyclic) bond motifs is 1. The van der Waals surface area contributed by atoms with Crippen LogP contribution in [0.15, 0.2) is 85.3 Å². The smallest absolute Gasteiger partial charge is 0.408 e. The molecule has 5 atom stereocenters. The number of hydrogen-bond acceptors (Lipinski definition) is 7. The van der Waals surface area contributed by atoms with E-state index in [0.29, 0.717) is 12.1 Å². The number of carboxylic acids is 1. The third kappa shape index (κ3) is 11.7. The number of nitrogens with one attached hydrogen (secondary N) is 4. The first kappa shape index (κ1) is 40.1. The Bertz CT molecular complexity index is 1860. The molecule has 3 aromatic carbocycles. The number of aromatic amines is 1. The molecule has 12 nitrogen and oxygen atoms in total. The molecule has 0 saturated heterocycles. The van der Waals surface area contributed by atoms with Crippen molar-refractivity contribution in [1.29, 1.82) is 0 Å². The highest BCUT2D eigenvalue weighted by Gasteiger charge is 2.41. The number of amides is 3. The zero-order valence-electron chi connectivity index (χ0n) is 30.9. The first-order valence-corrected chi connectivity index (χ1v) is 20.3. The van der Waals surface area contributed by atoms with Crippen molar-refractivity contribution in [3.63, 3.8) is 0 Å². The molecule has 13 heteroatoms. The molecule has 5 N–H and O–H groups in total. The maximum Gasteiger partial charge on any atom is 0.408 e. The molecule has 0 radical (unpaired) electrons. The molecule has 0 aliphatic heterocycles. The third-order valence-corrected chi connectivity index (χ3v) is 12.0. The monoisotopic (exact) mass is 756 g/mol. The van der Waals surface area contributed by atoms with Crippen LogP contribution in [0.1, 0.15) is 69.2 Å². The summed E-state index contributed by atoms with van der Waals surface area (Å²) in [4.78, 5) is 60.8. The van der Waals surface area contributed by atoms with E-state index < -0.39 is 55.5 Å². The van der Waals surface area contributed by atoms with Crippen molar-refractivity contribution < 1.29 is 33.6 Å². The first-order valence-electron chi connectivity index (χ1n) is 18.8. The summed E-state index contributed by atoms with van der Waals surface area (Å²) >= 11 is 0. The summed E-state index contributed by atoms with van der Waals surface area (Å²) in [6.45, 7) is 3.57. The van der Waals surface area contributed by atoms with Gasteiger partial charge in [-0.05, 0) is 33.7 Å². The molecule has 4 aromatic rings. The Hall–Kier alpha value is -5.09. The zero-order chi connectivity index (χ0) is 38.5. The summed E-state index contributed by atoms with van der Waals surface area (Å²) in [7, 11) is -2.17. The van der Waals surface area contributed by atoms with Crippen molar-refractivity contribution in [2.24, 2.45) is 17.8 Å². The molecule has 1 fully saturated rings. The Morgan fingerprint density at radius 2 is 1.56 bits per heavy atom. The molecule has 0 bridgehead atoms. The van der Waals surface area contributed by atoms with Crippen LogP contribution in [0.5, 0.6) is 0 Å². The number of H-pyrrole nitrogens is 1. The maximum absolute atomic E-state index is 14.3. The van der Waals surface area contributed by atoms with E-state index in [1.165, 1.54) is 6.33 Å². The Morgan fingerprint density at radius 1 is 0.870 bits per heavy atom. The molecule has 1 heterocycles. The van der Waals surface area contributed by atoms with Gasteiger partial charge in [0.05, 0.1) is 6.33 Å². The molecule has 0 spiro atoms. The number of benzene rings is 3. The Balaban J connectivity index is 1.39. The van der Waals surface area contributed by atoms with Crippen LogP contribution >= 0.6 is 7.80 Å². The molecule has 3 amide bonds. The van der Waals surface area contributed by atoms with Crippen LogP contribution in [-0.2, 0) is 43.1 Å². The largest absolute Gasteiger partial charge is 0.481 e. The van der Waals surface area contributed by atoms with E-state index in [9.17, 15) is 28.8 Å². The normalized spacial score (nSPS) is 15.8. The van der Waals surface area contributed by atoms with Gasteiger partial charge in [0.1, 0.15) is 24.6 Å². The minimum atomic E-state index is -2.17. The van der Waals surface area contributed by atoms with Crippen LogP contribution in [0.25, 0.3) is 10.8 Å². The van der Waals surface area contributed by atoms with Gasteiger partial charge >= 0.3 is 19.9 Å². The second-order valence-electron chi connectivity index (χ2n) is 14.5. The average molecular weight is 757 g/mol.